The van der Waals surface area contributed by atoms with Crippen molar-refractivity contribution in [3.05, 3.63) is 120 Å². The fourth-order valence-corrected chi connectivity index (χ4v) is 3.84. The quantitative estimate of drug-likeness (QED) is 0.235. The van der Waals surface area contributed by atoms with Crippen molar-refractivity contribution in [3.8, 4) is 0 Å². The van der Waals surface area contributed by atoms with Gasteiger partial charge < -0.3 is 21.3 Å². The van der Waals surface area contributed by atoms with Crippen molar-refractivity contribution in [3.63, 3.8) is 0 Å². The SMILES string of the molecule is Cc1ccccc1CC(=O)NC(=S)Nc1ccccc1C(=O)Nc1ccc(Nc2ccccc2)cc1. The maximum absolute atomic E-state index is 13.0. The summed E-state index contributed by atoms with van der Waals surface area (Å²) in [6.07, 6.45) is 0.214. The van der Waals surface area contributed by atoms with E-state index in [4.69, 9.17) is 12.2 Å². The van der Waals surface area contributed by atoms with Crippen LogP contribution in [0.15, 0.2) is 103 Å². The van der Waals surface area contributed by atoms with Gasteiger partial charge in [0, 0.05) is 17.1 Å². The van der Waals surface area contributed by atoms with Crippen LogP contribution in [0.4, 0.5) is 22.7 Å². The number of para-hydroxylation sites is 2. The largest absolute Gasteiger partial charge is 0.356 e. The van der Waals surface area contributed by atoms with Gasteiger partial charge in [-0.15, -0.1) is 0 Å². The molecule has 6 nitrogen and oxygen atoms in total. The van der Waals surface area contributed by atoms with E-state index in [0.29, 0.717) is 16.9 Å². The number of carbonyl (C=O) groups is 2. The predicted molar refractivity (Wildman–Crippen MR) is 150 cm³/mol. The van der Waals surface area contributed by atoms with Gasteiger partial charge >= 0.3 is 0 Å². The number of anilines is 4. The minimum absolute atomic E-state index is 0.130. The van der Waals surface area contributed by atoms with Gasteiger partial charge in [-0.3, -0.25) is 9.59 Å². The van der Waals surface area contributed by atoms with Crippen LogP contribution in [-0.2, 0) is 11.2 Å². The van der Waals surface area contributed by atoms with E-state index >= 15 is 0 Å². The molecule has 0 atom stereocenters. The second-order valence-electron chi connectivity index (χ2n) is 8.17. The molecular weight excluding hydrogens is 468 g/mol. The molecule has 0 aromatic heterocycles. The lowest BCUT2D eigenvalue weighted by Crippen LogP contribution is -2.35. The van der Waals surface area contributed by atoms with Gasteiger partial charge in [0.2, 0.25) is 5.91 Å². The molecule has 0 aliphatic heterocycles. The minimum atomic E-state index is -0.295. The van der Waals surface area contributed by atoms with E-state index in [9.17, 15) is 9.59 Å². The Morgan fingerprint density at radius 2 is 1.31 bits per heavy atom. The Balaban J connectivity index is 1.36. The van der Waals surface area contributed by atoms with Crippen molar-refractivity contribution < 1.29 is 9.59 Å². The van der Waals surface area contributed by atoms with Gasteiger partial charge in [-0.25, -0.2) is 0 Å². The number of amides is 2. The molecule has 4 rings (SSSR count). The van der Waals surface area contributed by atoms with Crippen molar-refractivity contribution >= 4 is 51.9 Å². The normalized spacial score (nSPS) is 10.2. The topological polar surface area (TPSA) is 82.3 Å². The van der Waals surface area contributed by atoms with Crippen LogP contribution in [0.25, 0.3) is 0 Å². The zero-order chi connectivity index (χ0) is 25.3. The van der Waals surface area contributed by atoms with E-state index in [2.05, 4.69) is 21.3 Å². The number of rotatable bonds is 7. The Morgan fingerprint density at radius 3 is 2.06 bits per heavy atom. The first kappa shape index (κ1) is 24.6. The van der Waals surface area contributed by atoms with Crippen LogP contribution in [0.1, 0.15) is 21.5 Å². The Morgan fingerprint density at radius 1 is 0.694 bits per heavy atom. The van der Waals surface area contributed by atoms with Gasteiger partial charge in [-0.2, -0.15) is 0 Å². The number of benzene rings is 4. The molecule has 4 aromatic rings. The molecular formula is C29H26N4O2S. The smallest absolute Gasteiger partial charge is 0.257 e. The molecule has 0 radical (unpaired) electrons. The summed E-state index contributed by atoms with van der Waals surface area (Å²) < 4.78 is 0. The van der Waals surface area contributed by atoms with Crippen LogP contribution in [0.5, 0.6) is 0 Å². The lowest BCUT2D eigenvalue weighted by Gasteiger charge is -2.14. The Hall–Kier alpha value is -4.49. The van der Waals surface area contributed by atoms with Crippen LogP contribution < -0.4 is 21.3 Å². The zero-order valence-electron chi connectivity index (χ0n) is 19.7. The van der Waals surface area contributed by atoms with Crippen LogP contribution >= 0.6 is 12.2 Å². The van der Waals surface area contributed by atoms with Gasteiger partial charge in [0.15, 0.2) is 5.11 Å². The van der Waals surface area contributed by atoms with Crippen molar-refractivity contribution in [2.45, 2.75) is 13.3 Å². The molecule has 0 aliphatic rings. The summed E-state index contributed by atoms with van der Waals surface area (Å²) in [5, 5.41) is 12.0. The van der Waals surface area contributed by atoms with Gasteiger partial charge in [0.25, 0.3) is 5.91 Å². The molecule has 0 saturated heterocycles. The number of thiocarbonyl (C=S) groups is 1. The number of carbonyl (C=O) groups excluding carboxylic acids is 2. The second-order valence-corrected chi connectivity index (χ2v) is 8.58. The molecule has 36 heavy (non-hydrogen) atoms. The molecule has 180 valence electrons. The monoisotopic (exact) mass is 494 g/mol. The summed E-state index contributed by atoms with van der Waals surface area (Å²) in [7, 11) is 0. The number of hydrogen-bond acceptors (Lipinski definition) is 4. The fraction of sp³-hybridized carbons (Fsp3) is 0.0690. The van der Waals surface area contributed by atoms with Gasteiger partial charge in [-0.05, 0) is 78.8 Å². The van der Waals surface area contributed by atoms with Crippen molar-refractivity contribution in [2.24, 2.45) is 0 Å². The maximum atomic E-state index is 13.0. The molecule has 0 fully saturated rings. The summed E-state index contributed by atoms with van der Waals surface area (Å²) in [6.45, 7) is 1.96. The number of nitrogens with one attached hydrogen (secondary N) is 4. The summed E-state index contributed by atoms with van der Waals surface area (Å²) in [5.41, 5.74) is 5.42. The summed E-state index contributed by atoms with van der Waals surface area (Å²) in [5.74, 6) is -0.524. The zero-order valence-corrected chi connectivity index (χ0v) is 20.6. The molecule has 2 amide bonds. The minimum Gasteiger partial charge on any atom is -0.356 e. The average molecular weight is 495 g/mol. The predicted octanol–water partition coefficient (Wildman–Crippen LogP) is 6.05. The maximum Gasteiger partial charge on any atom is 0.257 e. The van der Waals surface area contributed by atoms with Crippen LogP contribution in [0, 0.1) is 6.92 Å². The van der Waals surface area contributed by atoms with E-state index < -0.39 is 0 Å². The van der Waals surface area contributed by atoms with Crippen molar-refractivity contribution in [1.82, 2.24) is 5.32 Å². The van der Waals surface area contributed by atoms with Crippen LogP contribution in [0.2, 0.25) is 0 Å². The average Bonchev–Trinajstić information content (AvgIpc) is 2.87. The van der Waals surface area contributed by atoms with Crippen LogP contribution in [-0.4, -0.2) is 16.9 Å². The Bertz CT molecular complexity index is 1370. The molecule has 4 aromatic carbocycles. The molecule has 4 N–H and O–H groups in total. The van der Waals surface area contributed by atoms with Gasteiger partial charge in [0.05, 0.1) is 17.7 Å². The Kier molecular flexibility index (Phi) is 8.05. The third-order valence-electron chi connectivity index (χ3n) is 5.49. The standard InChI is InChI=1S/C29H26N4O2S/c1-20-9-5-6-10-21(20)19-27(34)33-29(36)32-26-14-8-7-13-25(26)28(35)31-24-17-15-23(16-18-24)30-22-11-3-2-4-12-22/h2-18,30H,19H2,1H3,(H,31,35)(H2,32,33,34,36). The highest BCUT2D eigenvalue weighted by Crippen LogP contribution is 2.21. The molecule has 0 spiro atoms. The highest BCUT2D eigenvalue weighted by molar-refractivity contribution is 7.80. The third kappa shape index (κ3) is 6.77. The highest BCUT2D eigenvalue weighted by Gasteiger charge is 2.14. The van der Waals surface area contributed by atoms with Crippen LogP contribution in [0.3, 0.4) is 0 Å². The van der Waals surface area contributed by atoms with Crippen molar-refractivity contribution in [2.75, 3.05) is 16.0 Å². The lowest BCUT2D eigenvalue weighted by molar-refractivity contribution is -0.119. The number of hydrogen-bond donors (Lipinski definition) is 4. The molecule has 0 saturated carbocycles. The third-order valence-corrected chi connectivity index (χ3v) is 5.69. The molecule has 7 heteroatoms. The van der Waals surface area contributed by atoms with E-state index in [0.717, 1.165) is 22.5 Å². The number of aryl methyl sites for hydroxylation is 1. The first-order valence-corrected chi connectivity index (χ1v) is 11.9. The summed E-state index contributed by atoms with van der Waals surface area (Å²) in [4.78, 5) is 25.4. The second kappa shape index (κ2) is 11.8. The van der Waals surface area contributed by atoms with E-state index in [-0.39, 0.29) is 23.3 Å². The lowest BCUT2D eigenvalue weighted by atomic mass is 10.1. The fourth-order valence-electron chi connectivity index (χ4n) is 3.62. The summed E-state index contributed by atoms with van der Waals surface area (Å²) in [6, 6.07) is 32.0. The first-order chi connectivity index (χ1) is 17.5. The molecule has 0 unspecified atom stereocenters. The first-order valence-electron chi connectivity index (χ1n) is 11.5. The molecule has 0 aliphatic carbocycles. The molecule has 0 heterocycles. The van der Waals surface area contributed by atoms with E-state index in [1.54, 1.807) is 24.3 Å². The molecule has 0 bridgehead atoms. The summed E-state index contributed by atoms with van der Waals surface area (Å²) >= 11 is 5.32. The van der Waals surface area contributed by atoms with Gasteiger partial charge in [-0.1, -0.05) is 54.6 Å². The van der Waals surface area contributed by atoms with E-state index in [1.807, 2.05) is 85.8 Å². The van der Waals surface area contributed by atoms with Gasteiger partial charge in [0.1, 0.15) is 0 Å². The Labute approximate surface area is 215 Å². The van der Waals surface area contributed by atoms with Crippen molar-refractivity contribution in [1.29, 1.82) is 0 Å². The highest BCUT2D eigenvalue weighted by atomic mass is 32.1. The van der Waals surface area contributed by atoms with E-state index in [1.165, 1.54) is 0 Å².